The second-order valence-electron chi connectivity index (χ2n) is 13.9. The van der Waals surface area contributed by atoms with Gasteiger partial charge in [-0.2, -0.15) is 8.42 Å². The number of hydrogen-bond acceptors (Lipinski definition) is 11. The van der Waals surface area contributed by atoms with Crippen LogP contribution in [0.3, 0.4) is 0 Å². The van der Waals surface area contributed by atoms with E-state index in [2.05, 4.69) is 50.3 Å². The van der Waals surface area contributed by atoms with E-state index in [1.165, 1.54) is 19.3 Å². The minimum atomic E-state index is -4.60. The fourth-order valence-corrected chi connectivity index (χ4v) is 6.46. The van der Waals surface area contributed by atoms with Gasteiger partial charge >= 0.3 is 11.9 Å². The summed E-state index contributed by atoms with van der Waals surface area (Å²) in [6, 6.07) is 0. The van der Waals surface area contributed by atoms with E-state index in [0.29, 0.717) is 12.8 Å². The van der Waals surface area contributed by atoms with Crippen LogP contribution in [0.2, 0.25) is 0 Å². The molecule has 4 N–H and O–H groups in total. The molecule has 1 saturated heterocycles. The predicted octanol–water partition coefficient (Wildman–Crippen LogP) is 7.05. The minimum absolute atomic E-state index is 0.146. The Labute approximate surface area is 319 Å². The Morgan fingerprint density at radius 1 is 0.642 bits per heavy atom. The molecule has 0 aromatic carbocycles. The van der Waals surface area contributed by atoms with Crippen LogP contribution in [0.15, 0.2) is 36.5 Å². The van der Waals surface area contributed by atoms with Crippen molar-refractivity contribution in [1.29, 1.82) is 0 Å². The van der Waals surface area contributed by atoms with Crippen LogP contribution in [-0.4, -0.2) is 96.0 Å². The van der Waals surface area contributed by atoms with E-state index in [-0.39, 0.29) is 19.4 Å². The number of carbonyl (C=O) groups is 2. The Morgan fingerprint density at radius 2 is 1.17 bits per heavy atom. The third-order valence-corrected chi connectivity index (χ3v) is 9.67. The maximum Gasteiger partial charge on any atom is 0.306 e. The number of hydrogen-bond donors (Lipinski definition) is 4. The molecule has 0 aromatic heterocycles. The Hall–Kier alpha value is -2.13. The fraction of sp³-hybridized carbons (Fsp3) is 0.800. The molecule has 0 aliphatic carbocycles. The van der Waals surface area contributed by atoms with Crippen LogP contribution in [0.1, 0.15) is 149 Å². The van der Waals surface area contributed by atoms with Crippen molar-refractivity contribution in [3.63, 3.8) is 0 Å². The Morgan fingerprint density at radius 3 is 1.75 bits per heavy atom. The van der Waals surface area contributed by atoms with E-state index < -0.39 is 71.2 Å². The van der Waals surface area contributed by atoms with E-state index in [0.717, 1.165) is 89.9 Å². The van der Waals surface area contributed by atoms with Gasteiger partial charge in [-0.15, -0.1) is 0 Å². The van der Waals surface area contributed by atoms with Crippen LogP contribution in [0.4, 0.5) is 0 Å². The Bertz CT molecular complexity index is 1140. The molecule has 13 heteroatoms. The van der Waals surface area contributed by atoms with Gasteiger partial charge in [0, 0.05) is 12.8 Å². The average molecular weight is 775 g/mol. The van der Waals surface area contributed by atoms with Gasteiger partial charge in [0.25, 0.3) is 10.1 Å². The van der Waals surface area contributed by atoms with Crippen LogP contribution in [0.25, 0.3) is 0 Å². The second-order valence-corrected chi connectivity index (χ2v) is 15.4. The highest BCUT2D eigenvalue weighted by Crippen LogP contribution is 2.24. The molecule has 6 atom stereocenters. The zero-order chi connectivity index (χ0) is 39.2. The van der Waals surface area contributed by atoms with Crippen LogP contribution in [0.5, 0.6) is 0 Å². The number of aliphatic hydroxyl groups is 3. The molecule has 308 valence electrons. The van der Waals surface area contributed by atoms with Crippen molar-refractivity contribution in [2.45, 2.75) is 185 Å². The molecule has 0 spiro atoms. The second kappa shape index (κ2) is 31.1. The Kier molecular flexibility index (Phi) is 28.7. The molecular weight excluding hydrogens is 704 g/mol. The fourth-order valence-electron chi connectivity index (χ4n) is 5.77. The number of ether oxygens (including phenoxy) is 4. The zero-order valence-corrected chi connectivity index (χ0v) is 33.2. The smallest absolute Gasteiger partial charge is 0.306 e. The molecule has 0 amide bonds. The molecule has 12 nitrogen and oxygen atoms in total. The molecule has 53 heavy (non-hydrogen) atoms. The van der Waals surface area contributed by atoms with Gasteiger partial charge in [-0.25, -0.2) is 0 Å². The summed E-state index contributed by atoms with van der Waals surface area (Å²) in [6.07, 6.45) is 23.4. The lowest BCUT2D eigenvalue weighted by molar-refractivity contribution is -0.297. The number of esters is 2. The third-order valence-electron chi connectivity index (χ3n) is 8.92. The predicted molar refractivity (Wildman–Crippen MR) is 206 cm³/mol. The standard InChI is InChI=1S/C40H70O12S/c1-3-5-7-9-11-13-15-17-19-21-23-25-27-29-36(42)51-33(31-50-40-39(45)38(44)37(43)34(52-40)32-53(46,47)48)30-49-35(41)28-26-24-22-20-18-16-14-12-10-8-6-4-2/h7,9,12-15,33-34,37-40,43-45H,3-6,8,10-11,16-32H2,1-2H3,(H,46,47,48)/b9-7-,14-12-,15-13-. The van der Waals surface area contributed by atoms with Crippen LogP contribution < -0.4 is 0 Å². The summed E-state index contributed by atoms with van der Waals surface area (Å²) in [5, 5.41) is 30.8. The van der Waals surface area contributed by atoms with Gasteiger partial charge in [0.1, 0.15) is 36.8 Å². The SMILES string of the molecule is CCC/C=C\C/C=C\CCCCCCCC(=O)OC(COC(=O)CCCCCCC/C=C\CCCCC)COC1OC(CS(=O)(=O)O)C(O)C(O)C1O. The molecule has 1 rings (SSSR count). The minimum Gasteiger partial charge on any atom is -0.462 e. The van der Waals surface area contributed by atoms with Crippen molar-refractivity contribution in [2.75, 3.05) is 19.0 Å². The monoisotopic (exact) mass is 774 g/mol. The molecule has 0 saturated carbocycles. The molecule has 1 aliphatic rings. The number of rotatable bonds is 32. The van der Waals surface area contributed by atoms with Crippen LogP contribution >= 0.6 is 0 Å². The number of aliphatic hydroxyl groups excluding tert-OH is 3. The summed E-state index contributed by atoms with van der Waals surface area (Å²) in [5.74, 6) is -2.02. The lowest BCUT2D eigenvalue weighted by atomic mass is 10.00. The molecular formula is C40H70O12S. The van der Waals surface area contributed by atoms with Gasteiger partial charge in [-0.1, -0.05) is 108 Å². The topological polar surface area (TPSA) is 186 Å². The molecule has 0 aromatic rings. The van der Waals surface area contributed by atoms with Gasteiger partial charge in [0.05, 0.1) is 6.61 Å². The van der Waals surface area contributed by atoms with Gasteiger partial charge in [0.15, 0.2) is 12.4 Å². The van der Waals surface area contributed by atoms with Crippen LogP contribution in [0, 0.1) is 0 Å². The van der Waals surface area contributed by atoms with Crippen LogP contribution in [-0.2, 0) is 38.7 Å². The van der Waals surface area contributed by atoms with E-state index in [9.17, 15) is 37.9 Å². The summed E-state index contributed by atoms with van der Waals surface area (Å²) >= 11 is 0. The highest BCUT2D eigenvalue weighted by atomic mass is 32.2. The molecule has 1 fully saturated rings. The molecule has 0 radical (unpaired) electrons. The van der Waals surface area contributed by atoms with Gasteiger partial charge in [-0.05, 0) is 64.2 Å². The quantitative estimate of drug-likeness (QED) is 0.0237. The maximum atomic E-state index is 12.7. The van der Waals surface area contributed by atoms with Crippen molar-refractivity contribution in [1.82, 2.24) is 0 Å². The first kappa shape index (κ1) is 48.9. The first-order valence-corrected chi connectivity index (χ1v) is 21.7. The molecule has 1 heterocycles. The summed E-state index contributed by atoms with van der Waals surface area (Å²) in [4.78, 5) is 25.2. The van der Waals surface area contributed by atoms with Crippen molar-refractivity contribution in [3.8, 4) is 0 Å². The highest BCUT2D eigenvalue weighted by Gasteiger charge is 2.46. The molecule has 0 bridgehead atoms. The van der Waals surface area contributed by atoms with E-state index in [4.69, 9.17) is 18.9 Å². The average Bonchev–Trinajstić information content (AvgIpc) is 3.12. The summed E-state index contributed by atoms with van der Waals surface area (Å²) in [5.41, 5.74) is 0. The highest BCUT2D eigenvalue weighted by molar-refractivity contribution is 7.85. The lowest BCUT2D eigenvalue weighted by Crippen LogP contribution is -2.60. The summed E-state index contributed by atoms with van der Waals surface area (Å²) in [6.45, 7) is 3.62. The van der Waals surface area contributed by atoms with Gasteiger partial charge in [-0.3, -0.25) is 14.1 Å². The first-order chi connectivity index (χ1) is 25.5. The van der Waals surface area contributed by atoms with Crippen molar-refractivity contribution in [2.24, 2.45) is 0 Å². The summed E-state index contributed by atoms with van der Waals surface area (Å²) in [7, 11) is -4.60. The normalized spacial score (nSPS) is 21.5. The zero-order valence-electron chi connectivity index (χ0n) is 32.4. The third kappa shape index (κ3) is 26.3. The maximum absolute atomic E-state index is 12.7. The number of carbonyl (C=O) groups excluding carboxylic acids is 2. The van der Waals surface area contributed by atoms with E-state index >= 15 is 0 Å². The van der Waals surface area contributed by atoms with E-state index in [1.807, 2.05) is 0 Å². The van der Waals surface area contributed by atoms with E-state index in [1.54, 1.807) is 0 Å². The Balaban J connectivity index is 2.53. The van der Waals surface area contributed by atoms with Gasteiger partial charge in [0.2, 0.25) is 0 Å². The largest absolute Gasteiger partial charge is 0.462 e. The summed E-state index contributed by atoms with van der Waals surface area (Å²) < 4.78 is 53.8. The number of unbranched alkanes of at least 4 members (excludes halogenated alkanes) is 14. The lowest BCUT2D eigenvalue weighted by Gasteiger charge is -2.40. The van der Waals surface area contributed by atoms with Crippen molar-refractivity contribution < 1.29 is 56.8 Å². The van der Waals surface area contributed by atoms with Crippen molar-refractivity contribution >= 4 is 22.1 Å². The van der Waals surface area contributed by atoms with Crippen molar-refractivity contribution in [3.05, 3.63) is 36.5 Å². The number of allylic oxidation sites excluding steroid dienone is 6. The van der Waals surface area contributed by atoms with Gasteiger partial charge < -0.3 is 34.3 Å². The first-order valence-electron chi connectivity index (χ1n) is 20.0. The molecule has 6 unspecified atom stereocenters. The molecule has 1 aliphatic heterocycles.